The Kier molecular flexibility index (Phi) is 3.64. The van der Waals surface area contributed by atoms with Crippen molar-refractivity contribution in [1.82, 2.24) is 4.90 Å². The highest BCUT2D eigenvalue weighted by Crippen LogP contribution is 2.55. The van der Waals surface area contributed by atoms with Crippen LogP contribution in [0.4, 0.5) is 4.79 Å². The zero-order valence-corrected chi connectivity index (χ0v) is 13.9. The number of carbonyl (C=O) groups excluding carboxylic acids is 1. The van der Waals surface area contributed by atoms with Crippen molar-refractivity contribution < 1.29 is 14.3 Å². The molecular weight excluding hydrogens is 280 g/mol. The van der Waals surface area contributed by atoms with Gasteiger partial charge in [0.25, 0.3) is 0 Å². The summed E-state index contributed by atoms with van der Waals surface area (Å²) in [6, 6.07) is 2.24. The molecule has 1 atom stereocenters. The van der Waals surface area contributed by atoms with E-state index in [0.717, 1.165) is 51.6 Å². The second kappa shape index (κ2) is 5.13. The summed E-state index contributed by atoms with van der Waals surface area (Å²) in [5, 5.41) is 8.98. The van der Waals surface area contributed by atoms with Crippen LogP contribution in [0.25, 0.3) is 0 Å². The monoisotopic (exact) mass is 306 g/mol. The quantitative estimate of drug-likeness (QED) is 0.644. The van der Waals surface area contributed by atoms with Crippen LogP contribution >= 0.6 is 0 Å². The number of likely N-dealkylation sites (tertiary alicyclic amines) is 1. The zero-order valence-electron chi connectivity index (χ0n) is 13.9. The number of carbonyl (C=O) groups is 1. The number of ether oxygens (including phenoxy) is 2. The third-order valence-electron chi connectivity index (χ3n) is 5.52. The molecule has 2 aliphatic heterocycles. The van der Waals surface area contributed by atoms with Crippen LogP contribution in [0.2, 0.25) is 0 Å². The molecule has 2 saturated heterocycles. The number of piperidine rings is 1. The van der Waals surface area contributed by atoms with Crippen LogP contribution in [0, 0.1) is 16.7 Å². The third-order valence-corrected chi connectivity index (χ3v) is 5.52. The molecule has 0 aromatic carbocycles. The minimum Gasteiger partial charge on any atom is -0.444 e. The fourth-order valence-corrected chi connectivity index (χ4v) is 3.92. The van der Waals surface area contributed by atoms with Crippen LogP contribution < -0.4 is 0 Å². The van der Waals surface area contributed by atoms with Gasteiger partial charge in [0.15, 0.2) is 6.10 Å². The van der Waals surface area contributed by atoms with Gasteiger partial charge in [-0.3, -0.25) is 0 Å². The topological polar surface area (TPSA) is 65.9 Å². The molecule has 0 N–H and O–H groups in total. The Morgan fingerprint density at radius 3 is 2.23 bits per heavy atom. The van der Waals surface area contributed by atoms with Crippen molar-refractivity contribution in [2.75, 3.05) is 13.1 Å². The molecule has 3 rings (SSSR count). The first-order chi connectivity index (χ1) is 10.3. The van der Waals surface area contributed by atoms with Crippen molar-refractivity contribution in [3.63, 3.8) is 0 Å². The van der Waals surface area contributed by atoms with Crippen molar-refractivity contribution in [3.8, 4) is 6.07 Å². The second-order valence-corrected chi connectivity index (χ2v) is 8.16. The average molecular weight is 306 g/mol. The molecular formula is C17H26N2O3. The van der Waals surface area contributed by atoms with E-state index in [4.69, 9.17) is 14.7 Å². The Bertz CT molecular complexity index is 485. The highest BCUT2D eigenvalue weighted by Gasteiger charge is 2.60. The van der Waals surface area contributed by atoms with E-state index in [2.05, 4.69) is 6.07 Å². The van der Waals surface area contributed by atoms with Crippen molar-refractivity contribution in [1.29, 1.82) is 5.26 Å². The molecule has 0 aromatic rings. The van der Waals surface area contributed by atoms with Crippen molar-refractivity contribution in [3.05, 3.63) is 0 Å². The lowest BCUT2D eigenvalue weighted by Gasteiger charge is -2.45. The van der Waals surface area contributed by atoms with Crippen molar-refractivity contribution in [2.24, 2.45) is 5.41 Å². The van der Waals surface area contributed by atoms with Gasteiger partial charge in [-0.2, -0.15) is 5.26 Å². The zero-order chi connectivity index (χ0) is 16.0. The molecule has 1 unspecified atom stereocenters. The van der Waals surface area contributed by atoms with E-state index in [1.807, 2.05) is 25.7 Å². The van der Waals surface area contributed by atoms with Gasteiger partial charge in [-0.15, -0.1) is 0 Å². The molecule has 5 heteroatoms. The number of hydrogen-bond donors (Lipinski definition) is 0. The summed E-state index contributed by atoms with van der Waals surface area (Å²) >= 11 is 0. The molecule has 1 aliphatic carbocycles. The molecule has 0 aromatic heterocycles. The largest absolute Gasteiger partial charge is 0.444 e. The minimum atomic E-state index is -0.431. The predicted octanol–water partition coefficient (Wildman–Crippen LogP) is 3.24. The second-order valence-electron chi connectivity index (χ2n) is 8.16. The molecule has 1 saturated carbocycles. The number of amides is 1. The van der Waals surface area contributed by atoms with Crippen LogP contribution in [-0.4, -0.2) is 41.4 Å². The average Bonchev–Trinajstić information content (AvgIpc) is 3.15. The first-order valence-corrected chi connectivity index (χ1v) is 8.33. The van der Waals surface area contributed by atoms with E-state index < -0.39 is 5.60 Å². The summed E-state index contributed by atoms with van der Waals surface area (Å²) in [5.41, 5.74) is -0.211. The van der Waals surface area contributed by atoms with E-state index >= 15 is 0 Å². The Morgan fingerprint density at radius 1 is 1.18 bits per heavy atom. The lowest BCUT2D eigenvalue weighted by atomic mass is 9.65. The lowest BCUT2D eigenvalue weighted by molar-refractivity contribution is -0.000645. The Hall–Kier alpha value is -1.28. The van der Waals surface area contributed by atoms with Crippen LogP contribution in [0.5, 0.6) is 0 Å². The Labute approximate surface area is 132 Å². The summed E-state index contributed by atoms with van der Waals surface area (Å²) in [6.45, 7) is 7.27. The predicted molar refractivity (Wildman–Crippen MR) is 81.2 cm³/mol. The molecule has 3 fully saturated rings. The van der Waals surface area contributed by atoms with Gasteiger partial charge in [0, 0.05) is 13.1 Å². The molecule has 5 nitrogen and oxygen atoms in total. The molecule has 3 aliphatic rings. The molecule has 2 heterocycles. The fourth-order valence-electron chi connectivity index (χ4n) is 3.92. The SMILES string of the molecule is CC(C)(C)OC(=O)N1CCC2(CC1)CCC1(CC2)OC1C#N. The fraction of sp³-hybridized carbons (Fsp3) is 0.882. The minimum absolute atomic E-state index is 0.123. The number of hydrogen-bond acceptors (Lipinski definition) is 4. The lowest BCUT2D eigenvalue weighted by Crippen LogP contribution is -2.47. The van der Waals surface area contributed by atoms with Gasteiger partial charge >= 0.3 is 6.09 Å². The van der Waals surface area contributed by atoms with Crippen LogP contribution in [-0.2, 0) is 9.47 Å². The highest BCUT2D eigenvalue weighted by atomic mass is 16.6. The van der Waals surface area contributed by atoms with E-state index in [-0.39, 0.29) is 17.8 Å². The van der Waals surface area contributed by atoms with Gasteiger partial charge in [-0.1, -0.05) is 0 Å². The maximum atomic E-state index is 12.1. The molecule has 2 spiro atoms. The van der Waals surface area contributed by atoms with Crippen LogP contribution in [0.15, 0.2) is 0 Å². The highest BCUT2D eigenvalue weighted by molar-refractivity contribution is 5.68. The van der Waals surface area contributed by atoms with Crippen molar-refractivity contribution >= 4 is 6.09 Å². The summed E-state index contributed by atoms with van der Waals surface area (Å²) in [7, 11) is 0. The van der Waals surface area contributed by atoms with Crippen LogP contribution in [0.1, 0.15) is 59.3 Å². The summed E-state index contributed by atoms with van der Waals surface area (Å²) < 4.78 is 11.1. The number of epoxide rings is 1. The number of nitriles is 1. The standard InChI is InChI=1S/C17H26N2O3/c1-15(2,3)22-14(20)19-10-8-16(9-11-19)4-6-17(7-5-16)13(12-18)21-17/h13H,4-11H2,1-3H3. The number of nitrogens with zero attached hydrogens (tertiary/aromatic N) is 2. The maximum absolute atomic E-state index is 12.1. The summed E-state index contributed by atoms with van der Waals surface area (Å²) in [4.78, 5) is 14.0. The smallest absolute Gasteiger partial charge is 0.410 e. The molecule has 22 heavy (non-hydrogen) atoms. The van der Waals surface area contributed by atoms with E-state index in [1.165, 1.54) is 0 Å². The Balaban J connectivity index is 1.50. The van der Waals surface area contributed by atoms with Crippen LogP contribution in [0.3, 0.4) is 0 Å². The van der Waals surface area contributed by atoms with E-state index in [1.54, 1.807) is 0 Å². The first kappa shape index (κ1) is 15.6. The summed E-state index contributed by atoms with van der Waals surface area (Å²) in [6.07, 6.45) is 5.95. The van der Waals surface area contributed by atoms with Gasteiger partial charge in [-0.05, 0) is 64.7 Å². The molecule has 0 radical (unpaired) electrons. The van der Waals surface area contributed by atoms with Gasteiger partial charge in [0.1, 0.15) is 11.2 Å². The van der Waals surface area contributed by atoms with Gasteiger partial charge in [-0.25, -0.2) is 4.79 Å². The van der Waals surface area contributed by atoms with E-state index in [9.17, 15) is 4.79 Å². The van der Waals surface area contributed by atoms with Gasteiger partial charge in [0.2, 0.25) is 0 Å². The molecule has 0 bridgehead atoms. The normalized spacial score (nSPS) is 29.2. The summed E-state index contributed by atoms with van der Waals surface area (Å²) in [5.74, 6) is 0. The van der Waals surface area contributed by atoms with Crippen molar-refractivity contribution in [2.45, 2.75) is 76.6 Å². The maximum Gasteiger partial charge on any atom is 0.410 e. The molecule has 1 amide bonds. The van der Waals surface area contributed by atoms with E-state index in [0.29, 0.717) is 5.41 Å². The Morgan fingerprint density at radius 2 is 1.77 bits per heavy atom. The third kappa shape index (κ3) is 2.94. The first-order valence-electron chi connectivity index (χ1n) is 8.33. The van der Waals surface area contributed by atoms with Gasteiger partial charge < -0.3 is 14.4 Å². The number of rotatable bonds is 0. The van der Waals surface area contributed by atoms with Gasteiger partial charge in [0.05, 0.1) is 6.07 Å². The molecule has 122 valence electrons.